The van der Waals surface area contributed by atoms with Gasteiger partial charge in [0, 0.05) is 0 Å². The Bertz CT molecular complexity index is 398. The van der Waals surface area contributed by atoms with Crippen LogP contribution in [0.15, 0.2) is 24.3 Å². The fourth-order valence-electron chi connectivity index (χ4n) is 1.45. The maximum atomic E-state index is 6.01. The van der Waals surface area contributed by atoms with Crippen LogP contribution in [0, 0.1) is 5.92 Å². The lowest BCUT2D eigenvalue weighted by Crippen LogP contribution is -2.17. The van der Waals surface area contributed by atoms with Gasteiger partial charge in [-0.15, -0.1) is 0 Å². The smallest absolute Gasteiger partial charge is 0.124 e. The first kappa shape index (κ1) is 9.21. The van der Waals surface area contributed by atoms with Gasteiger partial charge < -0.3 is 10.7 Å². The molecule has 0 fully saturated rings. The number of nitrogens with zero attached hydrogens (tertiary/aromatic N) is 1. The van der Waals surface area contributed by atoms with Crippen molar-refractivity contribution in [3.63, 3.8) is 0 Å². The van der Waals surface area contributed by atoms with E-state index in [1.54, 1.807) is 0 Å². The number of aromatic nitrogens is 2. The lowest BCUT2D eigenvalue weighted by molar-refractivity contribution is 0.495. The Hall–Kier alpha value is -1.35. The highest BCUT2D eigenvalue weighted by Gasteiger charge is 2.14. The van der Waals surface area contributed by atoms with E-state index in [-0.39, 0.29) is 6.04 Å². The third-order valence-electron chi connectivity index (χ3n) is 2.44. The van der Waals surface area contributed by atoms with Crippen LogP contribution in [0.3, 0.4) is 0 Å². The summed E-state index contributed by atoms with van der Waals surface area (Å²) in [6.07, 6.45) is 0. The molecule has 1 unspecified atom stereocenters. The van der Waals surface area contributed by atoms with Crippen molar-refractivity contribution in [2.75, 3.05) is 0 Å². The second kappa shape index (κ2) is 3.42. The maximum absolute atomic E-state index is 6.01. The Morgan fingerprint density at radius 2 is 2.00 bits per heavy atom. The molecule has 0 aliphatic heterocycles. The van der Waals surface area contributed by atoms with Crippen molar-refractivity contribution >= 4 is 11.0 Å². The van der Waals surface area contributed by atoms with Crippen molar-refractivity contribution < 1.29 is 0 Å². The van der Waals surface area contributed by atoms with Gasteiger partial charge in [-0.2, -0.15) is 0 Å². The summed E-state index contributed by atoms with van der Waals surface area (Å²) in [5.74, 6) is 1.27. The molecule has 0 aliphatic rings. The topological polar surface area (TPSA) is 54.7 Å². The van der Waals surface area contributed by atoms with E-state index < -0.39 is 0 Å². The first-order chi connectivity index (χ1) is 6.68. The average molecular weight is 189 g/mol. The van der Waals surface area contributed by atoms with Crippen LogP contribution in [0.4, 0.5) is 0 Å². The molecule has 3 heteroatoms. The van der Waals surface area contributed by atoms with Gasteiger partial charge >= 0.3 is 0 Å². The molecule has 1 atom stereocenters. The van der Waals surface area contributed by atoms with Crippen LogP contribution in [0.2, 0.25) is 0 Å². The number of nitrogens with one attached hydrogen (secondary N) is 1. The van der Waals surface area contributed by atoms with Gasteiger partial charge in [0.15, 0.2) is 0 Å². The number of rotatable bonds is 2. The summed E-state index contributed by atoms with van der Waals surface area (Å²) < 4.78 is 0. The van der Waals surface area contributed by atoms with E-state index in [1.165, 1.54) is 0 Å². The van der Waals surface area contributed by atoms with E-state index >= 15 is 0 Å². The number of fused-ring (bicyclic) bond motifs is 1. The number of hydrogen-bond acceptors (Lipinski definition) is 2. The molecule has 0 amide bonds. The minimum absolute atomic E-state index is 0.0117. The van der Waals surface area contributed by atoms with Gasteiger partial charge in [-0.25, -0.2) is 4.98 Å². The highest BCUT2D eigenvalue weighted by atomic mass is 15.0. The summed E-state index contributed by atoms with van der Waals surface area (Å²) >= 11 is 0. The summed E-state index contributed by atoms with van der Waals surface area (Å²) in [6.45, 7) is 4.19. The minimum Gasteiger partial charge on any atom is -0.341 e. The van der Waals surface area contributed by atoms with Crippen LogP contribution in [0.5, 0.6) is 0 Å². The van der Waals surface area contributed by atoms with Crippen molar-refractivity contribution in [2.24, 2.45) is 11.7 Å². The Kier molecular flexibility index (Phi) is 2.25. The highest BCUT2D eigenvalue weighted by Crippen LogP contribution is 2.19. The van der Waals surface area contributed by atoms with E-state index in [4.69, 9.17) is 5.73 Å². The van der Waals surface area contributed by atoms with E-state index in [1.807, 2.05) is 24.3 Å². The van der Waals surface area contributed by atoms with Gasteiger partial charge in [-0.3, -0.25) is 0 Å². The van der Waals surface area contributed by atoms with Crippen LogP contribution < -0.4 is 5.73 Å². The SMILES string of the molecule is CC(C)C(N)c1nc2ccccc2[nH]1. The number of benzene rings is 1. The van der Waals surface area contributed by atoms with E-state index in [2.05, 4.69) is 23.8 Å². The number of para-hydroxylation sites is 2. The third kappa shape index (κ3) is 1.51. The molecule has 0 radical (unpaired) electrons. The predicted octanol–water partition coefficient (Wildman–Crippen LogP) is 2.22. The second-order valence-electron chi connectivity index (χ2n) is 3.91. The lowest BCUT2D eigenvalue weighted by Gasteiger charge is -2.11. The Labute approximate surface area is 83.3 Å². The van der Waals surface area contributed by atoms with Gasteiger partial charge in [0.05, 0.1) is 17.1 Å². The van der Waals surface area contributed by atoms with Crippen LogP contribution >= 0.6 is 0 Å². The van der Waals surface area contributed by atoms with E-state index in [0.29, 0.717) is 5.92 Å². The van der Waals surface area contributed by atoms with Crippen LogP contribution in [-0.4, -0.2) is 9.97 Å². The highest BCUT2D eigenvalue weighted by molar-refractivity contribution is 5.74. The molecular weight excluding hydrogens is 174 g/mol. The molecule has 3 N–H and O–H groups in total. The number of H-pyrrole nitrogens is 1. The molecule has 0 saturated carbocycles. The van der Waals surface area contributed by atoms with Gasteiger partial charge in [0.2, 0.25) is 0 Å². The molecule has 0 bridgehead atoms. The minimum atomic E-state index is -0.0117. The predicted molar refractivity (Wildman–Crippen MR) is 57.9 cm³/mol. The monoisotopic (exact) mass is 189 g/mol. The van der Waals surface area contributed by atoms with Crippen molar-refractivity contribution in [3.8, 4) is 0 Å². The zero-order valence-corrected chi connectivity index (χ0v) is 8.49. The molecule has 0 saturated heterocycles. The molecule has 1 aromatic carbocycles. The van der Waals surface area contributed by atoms with Crippen molar-refractivity contribution in [1.82, 2.24) is 9.97 Å². The van der Waals surface area contributed by atoms with Crippen molar-refractivity contribution in [1.29, 1.82) is 0 Å². The second-order valence-corrected chi connectivity index (χ2v) is 3.91. The summed E-state index contributed by atoms with van der Waals surface area (Å²) in [6, 6.07) is 7.96. The zero-order valence-electron chi connectivity index (χ0n) is 8.49. The van der Waals surface area contributed by atoms with Gasteiger partial charge in [-0.1, -0.05) is 26.0 Å². The maximum Gasteiger partial charge on any atom is 0.124 e. The van der Waals surface area contributed by atoms with Crippen LogP contribution in [0.25, 0.3) is 11.0 Å². The summed E-state index contributed by atoms with van der Waals surface area (Å²) in [5, 5.41) is 0. The molecule has 2 aromatic rings. The van der Waals surface area contributed by atoms with Crippen LogP contribution in [-0.2, 0) is 0 Å². The normalized spacial score (nSPS) is 13.7. The third-order valence-corrected chi connectivity index (χ3v) is 2.44. The number of imidazole rings is 1. The van der Waals surface area contributed by atoms with Crippen molar-refractivity contribution in [3.05, 3.63) is 30.1 Å². The molecule has 0 spiro atoms. The average Bonchev–Trinajstić information content (AvgIpc) is 2.59. The van der Waals surface area contributed by atoms with E-state index in [0.717, 1.165) is 16.9 Å². The Morgan fingerprint density at radius 3 is 2.64 bits per heavy atom. The summed E-state index contributed by atoms with van der Waals surface area (Å²) in [4.78, 5) is 7.69. The molecule has 74 valence electrons. The molecule has 3 nitrogen and oxygen atoms in total. The number of nitrogens with two attached hydrogens (primary N) is 1. The molecule has 1 aromatic heterocycles. The zero-order chi connectivity index (χ0) is 10.1. The largest absolute Gasteiger partial charge is 0.341 e. The van der Waals surface area contributed by atoms with Gasteiger partial charge in [-0.05, 0) is 18.1 Å². The lowest BCUT2D eigenvalue weighted by atomic mass is 10.1. The van der Waals surface area contributed by atoms with Crippen molar-refractivity contribution in [2.45, 2.75) is 19.9 Å². The summed E-state index contributed by atoms with van der Waals surface area (Å²) in [7, 11) is 0. The first-order valence-corrected chi connectivity index (χ1v) is 4.88. The molecular formula is C11H15N3. The fraction of sp³-hybridized carbons (Fsp3) is 0.364. The fourth-order valence-corrected chi connectivity index (χ4v) is 1.45. The van der Waals surface area contributed by atoms with Crippen LogP contribution in [0.1, 0.15) is 25.7 Å². The van der Waals surface area contributed by atoms with Gasteiger partial charge in [0.25, 0.3) is 0 Å². The Balaban J connectivity index is 2.45. The summed E-state index contributed by atoms with van der Waals surface area (Å²) in [5.41, 5.74) is 8.05. The standard InChI is InChI=1S/C11H15N3/c1-7(2)10(12)11-13-8-5-3-4-6-9(8)14-11/h3-7,10H,12H2,1-2H3,(H,13,14). The van der Waals surface area contributed by atoms with E-state index in [9.17, 15) is 0 Å². The number of hydrogen-bond donors (Lipinski definition) is 2. The molecule has 1 heterocycles. The number of aromatic amines is 1. The van der Waals surface area contributed by atoms with Gasteiger partial charge in [0.1, 0.15) is 5.82 Å². The first-order valence-electron chi connectivity index (χ1n) is 4.88. The Morgan fingerprint density at radius 1 is 1.29 bits per heavy atom. The molecule has 14 heavy (non-hydrogen) atoms. The molecule has 0 aliphatic carbocycles. The molecule has 2 rings (SSSR count). The quantitative estimate of drug-likeness (QED) is 0.761.